The summed E-state index contributed by atoms with van der Waals surface area (Å²) < 4.78 is 0. The van der Waals surface area contributed by atoms with E-state index in [9.17, 15) is 14.7 Å². The summed E-state index contributed by atoms with van der Waals surface area (Å²) in [5.74, 6) is 0.270. The van der Waals surface area contributed by atoms with Crippen molar-refractivity contribution < 1.29 is 14.7 Å². The van der Waals surface area contributed by atoms with Crippen molar-refractivity contribution in [1.82, 2.24) is 20.6 Å². The van der Waals surface area contributed by atoms with Crippen LogP contribution in [-0.2, 0) is 28.9 Å². The SMILES string of the molecule is C=C[C@@H](C[C@H](O)[C@H](CC1CCCCC1)NC(=O)[C@H](Cc1c[nH]cn1)NC(=O)C(CN)(Cc1ccccc1)Cc1ccccc1)C(C)C. The molecule has 0 bridgehead atoms. The van der Waals surface area contributed by atoms with Gasteiger partial charge in [0.2, 0.25) is 11.8 Å². The number of nitrogens with two attached hydrogens (primary N) is 1. The van der Waals surface area contributed by atoms with Gasteiger partial charge in [0.1, 0.15) is 6.04 Å². The number of carbonyl (C=O) groups excluding carboxylic acids is 2. The second kappa shape index (κ2) is 18.0. The number of H-pyrrole nitrogens is 1. The molecule has 1 fully saturated rings. The highest BCUT2D eigenvalue weighted by atomic mass is 16.3. The number of rotatable bonds is 18. The Morgan fingerprint density at radius 1 is 1.02 bits per heavy atom. The zero-order chi connectivity index (χ0) is 33.6. The van der Waals surface area contributed by atoms with Gasteiger partial charge in [-0.1, -0.05) is 113 Å². The predicted octanol–water partition coefficient (Wildman–Crippen LogP) is 5.53. The quantitative estimate of drug-likeness (QED) is 0.117. The topological polar surface area (TPSA) is 133 Å². The number of carbonyl (C=O) groups is 2. The van der Waals surface area contributed by atoms with Gasteiger partial charge in [0.15, 0.2) is 0 Å². The molecular formula is C39H55N5O3. The van der Waals surface area contributed by atoms with Crippen molar-refractivity contribution in [2.24, 2.45) is 28.9 Å². The van der Waals surface area contributed by atoms with Crippen LogP contribution in [0, 0.1) is 23.2 Å². The minimum atomic E-state index is -0.998. The first-order chi connectivity index (χ1) is 22.7. The van der Waals surface area contributed by atoms with E-state index in [2.05, 4.69) is 41.0 Å². The van der Waals surface area contributed by atoms with Gasteiger partial charge in [-0.2, -0.15) is 0 Å². The minimum absolute atomic E-state index is 0.0977. The average molecular weight is 642 g/mol. The number of imidazole rings is 1. The van der Waals surface area contributed by atoms with E-state index in [1.54, 1.807) is 12.5 Å². The molecule has 0 unspecified atom stereocenters. The Hall–Kier alpha value is -3.75. The molecule has 0 radical (unpaired) electrons. The van der Waals surface area contributed by atoms with E-state index in [1.165, 1.54) is 19.3 Å². The molecule has 2 aromatic carbocycles. The monoisotopic (exact) mass is 641 g/mol. The van der Waals surface area contributed by atoms with Gasteiger partial charge in [-0.15, -0.1) is 6.58 Å². The summed E-state index contributed by atoms with van der Waals surface area (Å²) in [5.41, 5.74) is 8.13. The van der Waals surface area contributed by atoms with Gasteiger partial charge in [-0.25, -0.2) is 4.98 Å². The Morgan fingerprint density at radius 3 is 2.15 bits per heavy atom. The molecule has 1 saturated carbocycles. The third kappa shape index (κ3) is 10.6. The fraction of sp³-hybridized carbons (Fsp3) is 0.513. The van der Waals surface area contributed by atoms with E-state index in [1.807, 2.05) is 66.7 Å². The Morgan fingerprint density at radius 2 is 1.64 bits per heavy atom. The number of aromatic nitrogens is 2. The zero-order valence-corrected chi connectivity index (χ0v) is 28.2. The molecule has 4 atom stereocenters. The molecule has 1 aliphatic rings. The highest BCUT2D eigenvalue weighted by molar-refractivity contribution is 5.91. The molecule has 1 heterocycles. The van der Waals surface area contributed by atoms with Gasteiger partial charge in [0.25, 0.3) is 0 Å². The number of aliphatic hydroxyl groups excluding tert-OH is 1. The number of hydrogen-bond donors (Lipinski definition) is 5. The number of nitrogens with one attached hydrogen (secondary N) is 3. The first-order valence-electron chi connectivity index (χ1n) is 17.4. The molecule has 6 N–H and O–H groups in total. The second-order valence-electron chi connectivity index (χ2n) is 13.9. The number of aliphatic hydroxyl groups is 1. The van der Waals surface area contributed by atoms with Gasteiger partial charge < -0.3 is 26.5 Å². The van der Waals surface area contributed by atoms with Crippen LogP contribution in [0.2, 0.25) is 0 Å². The number of nitrogens with zero attached hydrogens (tertiary/aromatic N) is 1. The molecule has 1 aromatic heterocycles. The van der Waals surface area contributed by atoms with Crippen LogP contribution < -0.4 is 16.4 Å². The maximum atomic E-state index is 14.5. The number of amides is 2. The van der Waals surface area contributed by atoms with Crippen molar-refractivity contribution in [1.29, 1.82) is 0 Å². The van der Waals surface area contributed by atoms with E-state index < -0.39 is 23.6 Å². The lowest BCUT2D eigenvalue weighted by atomic mass is 9.75. The molecule has 47 heavy (non-hydrogen) atoms. The van der Waals surface area contributed by atoms with Gasteiger partial charge in [0, 0.05) is 19.2 Å². The van der Waals surface area contributed by atoms with E-state index in [0.717, 1.165) is 24.0 Å². The first-order valence-corrected chi connectivity index (χ1v) is 17.4. The first kappa shape index (κ1) is 36.1. The van der Waals surface area contributed by atoms with Crippen LogP contribution in [0.4, 0.5) is 0 Å². The van der Waals surface area contributed by atoms with Gasteiger partial charge in [-0.3, -0.25) is 9.59 Å². The lowest BCUT2D eigenvalue weighted by molar-refractivity contribution is -0.135. The number of benzene rings is 2. The Kier molecular flexibility index (Phi) is 13.8. The van der Waals surface area contributed by atoms with Gasteiger partial charge in [-0.05, 0) is 54.6 Å². The van der Waals surface area contributed by atoms with Crippen LogP contribution in [0.25, 0.3) is 0 Å². The standard InChI is InChI=1S/C39H55N5O3/c1-4-32(28(2)3)21-36(45)34(20-29-14-8-5-9-15-29)43-37(46)35(22-33-25-41-27-42-33)44-38(47)39(26-40,23-30-16-10-6-11-17-30)24-31-18-12-7-13-19-31/h4,6-7,10-13,16-19,25,27-29,32,34-36,45H,1,5,8-9,14-15,20-24,26,40H2,2-3H3,(H,41,42)(H,43,46)(H,44,47)/t32-,34-,35-,36-/m0/s1. The van der Waals surface area contributed by atoms with Crippen LogP contribution >= 0.6 is 0 Å². The lowest BCUT2D eigenvalue weighted by Gasteiger charge is -2.35. The minimum Gasteiger partial charge on any atom is -0.391 e. The molecule has 0 spiro atoms. The van der Waals surface area contributed by atoms with E-state index in [0.29, 0.717) is 43.2 Å². The van der Waals surface area contributed by atoms with Gasteiger partial charge in [0.05, 0.1) is 29.6 Å². The second-order valence-corrected chi connectivity index (χ2v) is 13.9. The zero-order valence-electron chi connectivity index (χ0n) is 28.2. The van der Waals surface area contributed by atoms with Crippen LogP contribution in [0.15, 0.2) is 85.8 Å². The molecule has 3 aromatic rings. The van der Waals surface area contributed by atoms with Crippen LogP contribution in [0.1, 0.15) is 75.6 Å². The lowest BCUT2D eigenvalue weighted by Crippen LogP contribution is -2.58. The van der Waals surface area contributed by atoms with E-state index >= 15 is 0 Å². The summed E-state index contributed by atoms with van der Waals surface area (Å²) in [6.07, 6.45) is 12.5. The van der Waals surface area contributed by atoms with Crippen molar-refractivity contribution in [3.8, 4) is 0 Å². The summed E-state index contributed by atoms with van der Waals surface area (Å²) in [6, 6.07) is 18.4. The maximum Gasteiger partial charge on any atom is 0.243 e. The Balaban J connectivity index is 1.61. The van der Waals surface area contributed by atoms with Gasteiger partial charge >= 0.3 is 0 Å². The molecule has 254 valence electrons. The van der Waals surface area contributed by atoms with E-state index in [-0.39, 0.29) is 30.7 Å². The maximum absolute atomic E-state index is 14.5. The summed E-state index contributed by atoms with van der Waals surface area (Å²) in [4.78, 5) is 36.1. The Bertz CT molecular complexity index is 1310. The Labute approximate surface area is 281 Å². The van der Waals surface area contributed by atoms with Crippen molar-refractivity contribution in [2.45, 2.75) is 96.2 Å². The molecule has 8 nitrogen and oxygen atoms in total. The van der Waals surface area contributed by atoms with Crippen molar-refractivity contribution >= 4 is 11.8 Å². The third-order valence-electron chi connectivity index (χ3n) is 10.0. The third-order valence-corrected chi connectivity index (χ3v) is 10.0. The number of hydrogen-bond acceptors (Lipinski definition) is 5. The molecule has 1 aliphatic carbocycles. The molecule has 4 rings (SSSR count). The van der Waals surface area contributed by atoms with Crippen molar-refractivity contribution in [3.63, 3.8) is 0 Å². The number of aromatic amines is 1. The molecule has 8 heteroatoms. The smallest absolute Gasteiger partial charge is 0.243 e. The van der Waals surface area contributed by atoms with Crippen LogP contribution in [-0.4, -0.2) is 51.6 Å². The normalized spacial score (nSPS) is 16.6. The van der Waals surface area contributed by atoms with Crippen molar-refractivity contribution in [3.05, 3.63) is 103 Å². The fourth-order valence-corrected chi connectivity index (χ4v) is 7.03. The largest absolute Gasteiger partial charge is 0.391 e. The summed E-state index contributed by atoms with van der Waals surface area (Å²) >= 11 is 0. The fourth-order valence-electron chi connectivity index (χ4n) is 7.03. The predicted molar refractivity (Wildman–Crippen MR) is 188 cm³/mol. The molecular weight excluding hydrogens is 586 g/mol. The average Bonchev–Trinajstić information content (AvgIpc) is 3.60. The van der Waals surface area contributed by atoms with Crippen molar-refractivity contribution in [2.75, 3.05) is 6.54 Å². The molecule has 0 saturated heterocycles. The highest BCUT2D eigenvalue weighted by Gasteiger charge is 2.40. The molecule has 0 aliphatic heterocycles. The van der Waals surface area contributed by atoms with E-state index in [4.69, 9.17) is 5.73 Å². The number of allylic oxidation sites excluding steroid dienone is 1. The summed E-state index contributed by atoms with van der Waals surface area (Å²) in [6.45, 7) is 8.34. The molecule has 2 amide bonds. The van der Waals surface area contributed by atoms with Crippen LogP contribution in [0.3, 0.4) is 0 Å². The highest BCUT2D eigenvalue weighted by Crippen LogP contribution is 2.31. The summed E-state index contributed by atoms with van der Waals surface area (Å²) in [7, 11) is 0. The summed E-state index contributed by atoms with van der Waals surface area (Å²) in [5, 5.41) is 17.9. The van der Waals surface area contributed by atoms with Crippen LogP contribution in [0.5, 0.6) is 0 Å².